The third-order valence-corrected chi connectivity index (χ3v) is 7.46. The molecule has 2 N–H and O–H groups in total. The fraction of sp³-hybridized carbons (Fsp3) is 0.185. The maximum Gasteiger partial charge on any atom is 0.261 e. The largest absolute Gasteiger partial charge is 0.337 e. The topological polar surface area (TPSA) is 86.4 Å². The Hall–Kier alpha value is -4.02. The molecule has 0 bridgehead atoms. The van der Waals surface area contributed by atoms with Crippen molar-refractivity contribution in [3.8, 4) is 33.8 Å². The van der Waals surface area contributed by atoms with Gasteiger partial charge >= 0.3 is 0 Å². The van der Waals surface area contributed by atoms with Gasteiger partial charge in [0.2, 0.25) is 0 Å². The van der Waals surface area contributed by atoms with Gasteiger partial charge in [-0.2, -0.15) is 16.4 Å². The van der Waals surface area contributed by atoms with E-state index in [1.165, 1.54) is 0 Å². The first-order valence-electron chi connectivity index (χ1n) is 11.9. The highest BCUT2D eigenvalue weighted by atomic mass is 32.1. The average Bonchev–Trinajstić information content (AvgIpc) is 3.69. The molecule has 1 aliphatic rings. The smallest absolute Gasteiger partial charge is 0.261 e. The molecule has 0 saturated carbocycles. The van der Waals surface area contributed by atoms with Crippen molar-refractivity contribution in [2.24, 2.45) is 0 Å². The Morgan fingerprint density at radius 3 is 2.81 bits per heavy atom. The normalized spacial score (nSPS) is 15.7. The molecule has 6 aromatic rings. The van der Waals surface area contributed by atoms with Crippen LogP contribution in [-0.4, -0.2) is 54.0 Å². The maximum atomic E-state index is 13.6. The summed E-state index contributed by atoms with van der Waals surface area (Å²) in [6.45, 7) is 0.609. The SMILES string of the molecule is FC1(F)CCN(Cc2cncc(-c3cnc4n[nH]c(-c5nc6c(-c7ccsc7)cccc6[nH]5)c4c3)c2)C1. The molecule has 5 aromatic heterocycles. The Morgan fingerprint density at radius 2 is 1.97 bits per heavy atom. The van der Waals surface area contributed by atoms with Crippen LogP contribution in [0.2, 0.25) is 0 Å². The van der Waals surface area contributed by atoms with E-state index in [0.29, 0.717) is 24.6 Å². The summed E-state index contributed by atoms with van der Waals surface area (Å²) in [6, 6.07) is 12.2. The van der Waals surface area contributed by atoms with Gasteiger partial charge < -0.3 is 4.98 Å². The molecule has 7 rings (SSSR count). The average molecular weight is 514 g/mol. The van der Waals surface area contributed by atoms with Gasteiger partial charge in [0.25, 0.3) is 5.92 Å². The Morgan fingerprint density at radius 1 is 1.05 bits per heavy atom. The van der Waals surface area contributed by atoms with E-state index in [0.717, 1.165) is 49.9 Å². The Labute approximate surface area is 214 Å². The fourth-order valence-corrected chi connectivity index (χ4v) is 5.63. The van der Waals surface area contributed by atoms with Gasteiger partial charge in [-0.25, -0.2) is 18.7 Å². The van der Waals surface area contributed by atoms with Crippen LogP contribution in [0.5, 0.6) is 0 Å². The van der Waals surface area contributed by atoms with E-state index in [4.69, 9.17) is 4.98 Å². The third-order valence-electron chi connectivity index (χ3n) is 6.77. The lowest BCUT2D eigenvalue weighted by Gasteiger charge is -2.15. The number of aromatic amines is 2. The molecular weight excluding hydrogens is 492 g/mol. The minimum absolute atomic E-state index is 0.0967. The number of aromatic nitrogens is 6. The molecule has 10 heteroatoms. The zero-order valence-corrected chi connectivity index (χ0v) is 20.4. The minimum Gasteiger partial charge on any atom is -0.337 e. The van der Waals surface area contributed by atoms with Crippen molar-refractivity contribution >= 4 is 33.4 Å². The highest BCUT2D eigenvalue weighted by molar-refractivity contribution is 7.08. The molecule has 184 valence electrons. The highest BCUT2D eigenvalue weighted by Crippen LogP contribution is 2.33. The van der Waals surface area contributed by atoms with Crippen molar-refractivity contribution in [1.29, 1.82) is 0 Å². The lowest BCUT2D eigenvalue weighted by atomic mass is 10.1. The Bertz CT molecular complexity index is 1740. The number of nitrogens with zero attached hydrogens (tertiary/aromatic N) is 5. The summed E-state index contributed by atoms with van der Waals surface area (Å²) in [6.07, 6.45) is 5.15. The van der Waals surface area contributed by atoms with Crippen molar-refractivity contribution in [2.75, 3.05) is 13.1 Å². The summed E-state index contributed by atoms with van der Waals surface area (Å²) in [5, 5.41) is 12.5. The Kier molecular flexibility index (Phi) is 5.12. The molecule has 1 fully saturated rings. The quantitative estimate of drug-likeness (QED) is 0.290. The number of nitrogens with one attached hydrogen (secondary N) is 2. The summed E-state index contributed by atoms with van der Waals surface area (Å²) in [5.41, 5.74) is 8.00. The number of hydrogen-bond acceptors (Lipinski definition) is 6. The van der Waals surface area contributed by atoms with Gasteiger partial charge in [0.15, 0.2) is 11.5 Å². The number of imidazole rings is 1. The van der Waals surface area contributed by atoms with Gasteiger partial charge in [0.05, 0.1) is 23.0 Å². The number of fused-ring (bicyclic) bond motifs is 2. The molecule has 0 radical (unpaired) electrons. The van der Waals surface area contributed by atoms with Crippen molar-refractivity contribution in [3.63, 3.8) is 0 Å². The zero-order chi connectivity index (χ0) is 25.0. The van der Waals surface area contributed by atoms with E-state index in [9.17, 15) is 8.78 Å². The summed E-state index contributed by atoms with van der Waals surface area (Å²) in [4.78, 5) is 19.0. The summed E-state index contributed by atoms with van der Waals surface area (Å²) in [5.74, 6) is -1.93. The lowest BCUT2D eigenvalue weighted by Crippen LogP contribution is -2.24. The number of H-pyrrole nitrogens is 2. The van der Waals surface area contributed by atoms with Gasteiger partial charge in [-0.3, -0.25) is 15.0 Å². The number of thiophene rings is 1. The van der Waals surface area contributed by atoms with Crippen molar-refractivity contribution in [3.05, 3.63) is 71.3 Å². The van der Waals surface area contributed by atoms with Gasteiger partial charge in [0.1, 0.15) is 5.69 Å². The van der Waals surface area contributed by atoms with E-state index >= 15 is 0 Å². The standard InChI is InChI=1S/C27H21F2N7S/c28-27(29)5-6-36(15-27)13-16-8-18(11-30-10-16)19-9-21-24(34-35-25(21)31-12-19)26-32-22-3-1-2-20(23(22)33-26)17-4-7-37-14-17/h1-4,7-12,14H,5-6,13,15H2,(H,32,33)(H,31,34,35). The van der Waals surface area contributed by atoms with E-state index in [2.05, 4.69) is 48.0 Å². The van der Waals surface area contributed by atoms with Crippen LogP contribution in [-0.2, 0) is 6.54 Å². The summed E-state index contributed by atoms with van der Waals surface area (Å²) >= 11 is 1.65. The van der Waals surface area contributed by atoms with Gasteiger partial charge in [-0.05, 0) is 46.2 Å². The zero-order valence-electron chi connectivity index (χ0n) is 19.6. The molecule has 37 heavy (non-hydrogen) atoms. The number of alkyl halides is 2. The number of rotatable bonds is 5. The van der Waals surface area contributed by atoms with Gasteiger partial charge in [0, 0.05) is 54.8 Å². The van der Waals surface area contributed by atoms with Crippen LogP contribution in [0.1, 0.15) is 12.0 Å². The minimum atomic E-state index is -2.61. The third kappa shape index (κ3) is 4.08. The highest BCUT2D eigenvalue weighted by Gasteiger charge is 2.37. The molecule has 1 aromatic carbocycles. The monoisotopic (exact) mass is 513 g/mol. The molecule has 0 aliphatic carbocycles. The van der Waals surface area contributed by atoms with E-state index in [1.807, 2.05) is 24.3 Å². The first-order valence-corrected chi connectivity index (χ1v) is 12.9. The molecule has 1 saturated heterocycles. The van der Waals surface area contributed by atoms with E-state index < -0.39 is 5.92 Å². The Balaban J connectivity index is 1.24. The van der Waals surface area contributed by atoms with Crippen LogP contribution in [0.15, 0.2) is 65.7 Å². The molecule has 0 unspecified atom stereocenters. The van der Waals surface area contributed by atoms with Crippen LogP contribution in [0.3, 0.4) is 0 Å². The number of benzene rings is 1. The molecule has 0 amide bonds. The van der Waals surface area contributed by atoms with Crippen molar-refractivity contribution in [2.45, 2.75) is 18.9 Å². The maximum absolute atomic E-state index is 13.6. The molecule has 6 heterocycles. The predicted molar refractivity (Wildman–Crippen MR) is 140 cm³/mol. The van der Waals surface area contributed by atoms with Gasteiger partial charge in [-0.1, -0.05) is 12.1 Å². The van der Waals surface area contributed by atoms with Crippen LogP contribution in [0, 0.1) is 0 Å². The van der Waals surface area contributed by atoms with Crippen LogP contribution in [0.25, 0.3) is 55.8 Å². The van der Waals surface area contributed by atoms with Crippen molar-refractivity contribution < 1.29 is 8.78 Å². The summed E-state index contributed by atoms with van der Waals surface area (Å²) in [7, 11) is 0. The number of likely N-dealkylation sites (tertiary alicyclic amines) is 1. The van der Waals surface area contributed by atoms with Crippen LogP contribution in [0.4, 0.5) is 8.78 Å². The second-order valence-corrected chi connectivity index (χ2v) is 10.2. The van der Waals surface area contributed by atoms with E-state index in [-0.39, 0.29) is 13.0 Å². The number of pyridine rings is 2. The number of halogens is 2. The summed E-state index contributed by atoms with van der Waals surface area (Å²) < 4.78 is 27.2. The van der Waals surface area contributed by atoms with E-state index in [1.54, 1.807) is 34.8 Å². The first kappa shape index (κ1) is 22.2. The first-order chi connectivity index (χ1) is 18.0. The number of hydrogen-bond donors (Lipinski definition) is 2. The van der Waals surface area contributed by atoms with Crippen molar-refractivity contribution in [1.82, 2.24) is 35.0 Å². The molecule has 1 aliphatic heterocycles. The fourth-order valence-electron chi connectivity index (χ4n) is 4.97. The van der Waals surface area contributed by atoms with Gasteiger partial charge in [-0.15, -0.1) is 0 Å². The molecule has 7 nitrogen and oxygen atoms in total. The second-order valence-electron chi connectivity index (χ2n) is 9.39. The van der Waals surface area contributed by atoms with Crippen LogP contribution >= 0.6 is 11.3 Å². The lowest BCUT2D eigenvalue weighted by molar-refractivity contribution is 0.0115. The molecule has 0 atom stereocenters. The number of para-hydroxylation sites is 1. The predicted octanol–water partition coefficient (Wildman–Crippen LogP) is 6.13. The van der Waals surface area contributed by atoms with Crippen LogP contribution < -0.4 is 0 Å². The molecule has 0 spiro atoms. The molecular formula is C27H21F2N7S. The second kappa shape index (κ2) is 8.53.